The van der Waals surface area contributed by atoms with Crippen molar-refractivity contribution in [1.82, 2.24) is 15.0 Å². The van der Waals surface area contributed by atoms with Crippen LogP contribution in [0.4, 0.5) is 19.1 Å². The fourth-order valence-corrected chi connectivity index (χ4v) is 2.59. The number of rotatable bonds is 2. The van der Waals surface area contributed by atoms with Gasteiger partial charge in [-0.15, -0.1) is 0 Å². The Morgan fingerprint density at radius 1 is 0.960 bits per heavy atom. The second-order valence-corrected chi connectivity index (χ2v) is 5.50. The van der Waals surface area contributed by atoms with Gasteiger partial charge in [0.1, 0.15) is 5.69 Å². The van der Waals surface area contributed by atoms with E-state index in [1.165, 1.54) is 6.92 Å². The van der Waals surface area contributed by atoms with Crippen molar-refractivity contribution >= 4 is 5.95 Å². The molecule has 2 N–H and O–H groups in total. The number of benzene rings is 1. The molecule has 127 valence electrons. The lowest BCUT2D eigenvalue weighted by Gasteiger charge is -2.15. The molecule has 4 nitrogen and oxygen atoms in total. The summed E-state index contributed by atoms with van der Waals surface area (Å²) in [6.07, 6.45) is -4.55. The van der Waals surface area contributed by atoms with E-state index in [4.69, 9.17) is 5.73 Å². The van der Waals surface area contributed by atoms with Gasteiger partial charge < -0.3 is 5.73 Å². The summed E-state index contributed by atoms with van der Waals surface area (Å²) < 4.78 is 39.4. The Balaban J connectivity index is 2.30. The number of nitrogens with zero attached hydrogens (tertiary/aromatic N) is 3. The van der Waals surface area contributed by atoms with Gasteiger partial charge in [0.15, 0.2) is 0 Å². The number of nitrogens with two attached hydrogens (primary N) is 1. The van der Waals surface area contributed by atoms with Crippen molar-refractivity contribution in [2.24, 2.45) is 0 Å². The molecule has 3 rings (SSSR count). The number of nitrogen functional groups attached to an aromatic ring is 1. The van der Waals surface area contributed by atoms with E-state index in [9.17, 15) is 13.2 Å². The van der Waals surface area contributed by atoms with E-state index in [-0.39, 0.29) is 17.3 Å². The number of anilines is 1. The zero-order valence-electron chi connectivity index (χ0n) is 13.3. The van der Waals surface area contributed by atoms with E-state index < -0.39 is 11.9 Å². The first-order chi connectivity index (χ1) is 11.8. The van der Waals surface area contributed by atoms with Crippen LogP contribution in [-0.4, -0.2) is 15.0 Å². The van der Waals surface area contributed by atoms with Crippen LogP contribution in [0.3, 0.4) is 0 Å². The highest BCUT2D eigenvalue weighted by Gasteiger charge is 2.33. The maximum Gasteiger partial charge on any atom is 0.433 e. The molecule has 0 amide bonds. The maximum absolute atomic E-state index is 13.1. The number of alkyl halides is 3. The number of halogens is 3. The van der Waals surface area contributed by atoms with Gasteiger partial charge in [-0.05, 0) is 31.5 Å². The average molecular weight is 343 g/mol. The molecule has 7 heteroatoms. The van der Waals surface area contributed by atoms with Gasteiger partial charge in [-0.3, -0.25) is 0 Å². The molecule has 0 saturated carbocycles. The Hall–Kier alpha value is -2.96. The van der Waals surface area contributed by atoms with Crippen molar-refractivity contribution in [3.05, 3.63) is 66.5 Å². The topological polar surface area (TPSA) is 64.7 Å². The zero-order chi connectivity index (χ0) is 18.2. The fraction of sp³-hybridized carbons (Fsp3) is 0.111. The Morgan fingerprint density at radius 3 is 2.28 bits per heavy atom. The molecular weight excluding hydrogens is 329 g/mol. The van der Waals surface area contributed by atoms with Gasteiger partial charge in [0.05, 0.1) is 11.4 Å². The lowest BCUT2D eigenvalue weighted by Crippen LogP contribution is -2.10. The molecule has 0 aliphatic rings. The van der Waals surface area contributed by atoms with Gasteiger partial charge in [0, 0.05) is 16.8 Å². The highest BCUT2D eigenvalue weighted by atomic mass is 19.4. The van der Waals surface area contributed by atoms with Crippen LogP contribution in [0.15, 0.2) is 42.5 Å². The van der Waals surface area contributed by atoms with Crippen molar-refractivity contribution in [1.29, 1.82) is 0 Å². The van der Waals surface area contributed by atoms with Gasteiger partial charge in [0.25, 0.3) is 0 Å². The van der Waals surface area contributed by atoms with E-state index in [0.717, 1.165) is 6.07 Å². The summed E-state index contributed by atoms with van der Waals surface area (Å²) in [5.74, 6) is 0.00873. The largest absolute Gasteiger partial charge is 0.433 e. The second-order valence-electron chi connectivity index (χ2n) is 5.50. The SMILES string of the molecule is [CH2]c1nc(N)nc(-c2ccccc2)c1-c1cc(C)nc(C(F)(F)F)c1. The Morgan fingerprint density at radius 2 is 1.64 bits per heavy atom. The predicted octanol–water partition coefficient (Wildman–Crippen LogP) is 4.30. The minimum Gasteiger partial charge on any atom is -0.368 e. The second kappa shape index (κ2) is 6.16. The third-order valence-electron chi connectivity index (χ3n) is 3.58. The molecule has 0 saturated heterocycles. The molecule has 0 aliphatic heterocycles. The third-order valence-corrected chi connectivity index (χ3v) is 3.58. The molecule has 2 heterocycles. The number of aryl methyl sites for hydroxylation is 1. The zero-order valence-corrected chi connectivity index (χ0v) is 13.3. The monoisotopic (exact) mass is 343 g/mol. The van der Waals surface area contributed by atoms with Gasteiger partial charge in [-0.25, -0.2) is 15.0 Å². The third kappa shape index (κ3) is 3.45. The van der Waals surface area contributed by atoms with Crippen molar-refractivity contribution in [3.63, 3.8) is 0 Å². The quantitative estimate of drug-likeness (QED) is 0.753. The van der Waals surface area contributed by atoms with Crippen LogP contribution in [0.5, 0.6) is 0 Å². The standard InChI is InChI=1S/C18H14F3N4/c1-10-8-13(9-14(23-10)18(19,20)21)15-11(2)24-17(22)25-16(15)12-6-4-3-5-7-12/h3-9H,2H2,1H3,(H2,22,24,25). The summed E-state index contributed by atoms with van der Waals surface area (Å²) >= 11 is 0. The average Bonchev–Trinajstić information content (AvgIpc) is 2.53. The van der Waals surface area contributed by atoms with E-state index in [1.54, 1.807) is 30.3 Å². The van der Waals surface area contributed by atoms with E-state index in [0.29, 0.717) is 22.4 Å². The van der Waals surface area contributed by atoms with Crippen molar-refractivity contribution in [2.75, 3.05) is 5.73 Å². The smallest absolute Gasteiger partial charge is 0.368 e. The van der Waals surface area contributed by atoms with E-state index >= 15 is 0 Å². The van der Waals surface area contributed by atoms with Gasteiger partial charge in [-0.2, -0.15) is 13.2 Å². The van der Waals surface area contributed by atoms with Crippen molar-refractivity contribution < 1.29 is 13.2 Å². The van der Waals surface area contributed by atoms with Crippen molar-refractivity contribution in [3.8, 4) is 22.4 Å². The van der Waals surface area contributed by atoms with Crippen LogP contribution in [0.25, 0.3) is 22.4 Å². The highest BCUT2D eigenvalue weighted by Crippen LogP contribution is 2.36. The Kier molecular flexibility index (Phi) is 4.16. The summed E-state index contributed by atoms with van der Waals surface area (Å²) in [7, 11) is 0. The molecule has 1 aromatic carbocycles. The number of pyridine rings is 1. The first-order valence-corrected chi connectivity index (χ1v) is 7.37. The molecule has 0 unspecified atom stereocenters. The Bertz CT molecular complexity index is 922. The van der Waals surface area contributed by atoms with Crippen LogP contribution in [-0.2, 0) is 6.18 Å². The summed E-state index contributed by atoms with van der Waals surface area (Å²) in [5, 5.41) is 0. The predicted molar refractivity (Wildman–Crippen MR) is 89.3 cm³/mol. The van der Waals surface area contributed by atoms with Crippen LogP contribution in [0.1, 0.15) is 17.1 Å². The molecule has 25 heavy (non-hydrogen) atoms. The van der Waals surface area contributed by atoms with Crippen LogP contribution in [0, 0.1) is 13.8 Å². The first kappa shape index (κ1) is 16.9. The maximum atomic E-state index is 13.1. The molecule has 1 radical (unpaired) electrons. The molecule has 0 bridgehead atoms. The minimum atomic E-state index is -4.55. The molecule has 0 aliphatic carbocycles. The number of aromatic nitrogens is 3. The summed E-state index contributed by atoms with van der Waals surface area (Å²) in [6.45, 7) is 5.33. The lowest BCUT2D eigenvalue weighted by molar-refractivity contribution is -0.141. The molecule has 0 fully saturated rings. The summed E-state index contributed by atoms with van der Waals surface area (Å²) in [5.41, 5.74) is 7.06. The van der Waals surface area contributed by atoms with Gasteiger partial charge in [0.2, 0.25) is 5.95 Å². The summed E-state index contributed by atoms with van der Waals surface area (Å²) in [6, 6.07) is 11.6. The molecular formula is C18H14F3N4. The van der Waals surface area contributed by atoms with Crippen LogP contribution >= 0.6 is 0 Å². The van der Waals surface area contributed by atoms with E-state index in [1.807, 2.05) is 6.07 Å². The van der Waals surface area contributed by atoms with Crippen LogP contribution in [0.2, 0.25) is 0 Å². The lowest BCUT2D eigenvalue weighted by atomic mass is 9.97. The normalized spacial score (nSPS) is 11.6. The minimum absolute atomic E-state index is 0.00873. The van der Waals surface area contributed by atoms with Crippen molar-refractivity contribution in [2.45, 2.75) is 13.1 Å². The number of hydrogen-bond acceptors (Lipinski definition) is 4. The summed E-state index contributed by atoms with van der Waals surface area (Å²) in [4.78, 5) is 11.8. The molecule has 3 aromatic rings. The number of hydrogen-bond donors (Lipinski definition) is 1. The Labute approximate surface area is 142 Å². The molecule has 2 aromatic heterocycles. The van der Waals surface area contributed by atoms with Gasteiger partial charge >= 0.3 is 6.18 Å². The molecule has 0 atom stereocenters. The van der Waals surface area contributed by atoms with E-state index in [2.05, 4.69) is 21.9 Å². The highest BCUT2D eigenvalue weighted by molar-refractivity contribution is 5.83. The molecule has 0 spiro atoms. The fourth-order valence-electron chi connectivity index (χ4n) is 2.59. The van der Waals surface area contributed by atoms with Gasteiger partial charge in [-0.1, -0.05) is 30.3 Å². The first-order valence-electron chi connectivity index (χ1n) is 7.37. The van der Waals surface area contributed by atoms with Crippen LogP contribution < -0.4 is 5.73 Å².